The molecule has 1 fully saturated rings. The molecule has 1 saturated heterocycles. The first kappa shape index (κ1) is 12.3. The van der Waals surface area contributed by atoms with Gasteiger partial charge in [0.2, 0.25) is 6.29 Å². The van der Waals surface area contributed by atoms with Crippen LogP contribution in [0.3, 0.4) is 0 Å². The number of nitro benzene ring substituents is 1. The molecular formula is C11H11ClNO4. The molecular weight excluding hydrogens is 246 g/mol. The molecule has 1 aliphatic rings. The van der Waals surface area contributed by atoms with Crippen molar-refractivity contribution in [3.05, 3.63) is 45.2 Å². The summed E-state index contributed by atoms with van der Waals surface area (Å²) < 4.78 is 10.6. The van der Waals surface area contributed by atoms with Crippen molar-refractivity contribution < 1.29 is 14.4 Å². The zero-order chi connectivity index (χ0) is 12.3. The summed E-state index contributed by atoms with van der Waals surface area (Å²) in [6, 6.07) is 4.45. The van der Waals surface area contributed by atoms with E-state index >= 15 is 0 Å². The van der Waals surface area contributed by atoms with Crippen LogP contribution in [0.25, 0.3) is 0 Å². The van der Waals surface area contributed by atoms with Gasteiger partial charge in [0, 0.05) is 23.1 Å². The number of ether oxygens (including phenoxy) is 2. The van der Waals surface area contributed by atoms with Crippen molar-refractivity contribution in [3.8, 4) is 0 Å². The van der Waals surface area contributed by atoms with Crippen LogP contribution in [0, 0.1) is 16.4 Å². The van der Waals surface area contributed by atoms with E-state index in [0.717, 1.165) is 6.42 Å². The number of rotatable bonds is 3. The minimum absolute atomic E-state index is 0.0275. The second kappa shape index (κ2) is 5.44. The lowest BCUT2D eigenvalue weighted by molar-refractivity contribution is -0.385. The molecule has 0 spiro atoms. The molecule has 17 heavy (non-hydrogen) atoms. The molecule has 0 atom stereocenters. The number of nitrogens with zero attached hydrogens (tertiary/aromatic N) is 1. The molecule has 0 N–H and O–H groups in total. The molecule has 2 rings (SSSR count). The van der Waals surface area contributed by atoms with E-state index in [0.29, 0.717) is 30.1 Å². The summed E-state index contributed by atoms with van der Waals surface area (Å²) >= 11 is 5.83. The highest BCUT2D eigenvalue weighted by atomic mass is 35.5. The van der Waals surface area contributed by atoms with Crippen molar-refractivity contribution in [2.24, 2.45) is 0 Å². The third kappa shape index (κ3) is 3.15. The standard InChI is InChI=1S/C11H11ClNO4/c12-9-2-3-10(13(14)15)8(6-9)7-11-16-4-1-5-17-11/h2-3,6H,1,4-5,7H2. The fourth-order valence-corrected chi connectivity index (χ4v) is 1.80. The Morgan fingerprint density at radius 1 is 1.35 bits per heavy atom. The van der Waals surface area contributed by atoms with Gasteiger partial charge in [-0.05, 0) is 18.6 Å². The van der Waals surface area contributed by atoms with Crippen molar-refractivity contribution in [1.82, 2.24) is 0 Å². The number of benzene rings is 1. The molecule has 6 heteroatoms. The molecule has 5 nitrogen and oxygen atoms in total. The number of hydrogen-bond acceptors (Lipinski definition) is 4. The van der Waals surface area contributed by atoms with Crippen LogP contribution in [0.4, 0.5) is 5.69 Å². The van der Waals surface area contributed by atoms with Crippen LogP contribution in [0.1, 0.15) is 12.0 Å². The van der Waals surface area contributed by atoms with Crippen molar-refractivity contribution in [2.45, 2.75) is 12.8 Å². The van der Waals surface area contributed by atoms with E-state index < -0.39 is 4.92 Å². The molecule has 91 valence electrons. The van der Waals surface area contributed by atoms with Gasteiger partial charge in [0.25, 0.3) is 5.69 Å². The van der Waals surface area contributed by atoms with Crippen LogP contribution >= 0.6 is 11.6 Å². The maximum Gasteiger partial charge on any atom is 0.272 e. The quantitative estimate of drug-likeness (QED) is 0.616. The van der Waals surface area contributed by atoms with Gasteiger partial charge < -0.3 is 9.47 Å². The lowest BCUT2D eigenvalue weighted by Crippen LogP contribution is -2.19. The largest absolute Gasteiger partial charge is 0.345 e. The second-order valence-electron chi connectivity index (χ2n) is 3.63. The highest BCUT2D eigenvalue weighted by Gasteiger charge is 2.22. The van der Waals surface area contributed by atoms with E-state index in [2.05, 4.69) is 0 Å². The molecule has 1 aromatic carbocycles. The summed E-state index contributed by atoms with van der Waals surface area (Å²) in [5, 5.41) is 11.3. The average molecular weight is 257 g/mol. The van der Waals surface area contributed by atoms with Crippen molar-refractivity contribution in [2.75, 3.05) is 13.2 Å². The Balaban J connectivity index is 2.17. The predicted octanol–water partition coefficient (Wildman–Crippen LogP) is 2.72. The maximum atomic E-state index is 10.8. The van der Waals surface area contributed by atoms with Crippen LogP contribution in [0.15, 0.2) is 18.2 Å². The molecule has 1 aromatic rings. The van der Waals surface area contributed by atoms with E-state index in [1.807, 2.05) is 0 Å². The average Bonchev–Trinajstić information content (AvgIpc) is 2.30. The molecule has 0 aromatic heterocycles. The summed E-state index contributed by atoms with van der Waals surface area (Å²) in [6.45, 7) is 1.17. The molecule has 1 heterocycles. The monoisotopic (exact) mass is 256 g/mol. The van der Waals surface area contributed by atoms with Crippen LogP contribution in [-0.2, 0) is 15.9 Å². The van der Waals surface area contributed by atoms with Gasteiger partial charge in [-0.25, -0.2) is 0 Å². The van der Waals surface area contributed by atoms with Crippen LogP contribution in [0.5, 0.6) is 0 Å². The van der Waals surface area contributed by atoms with Gasteiger partial charge in [0.15, 0.2) is 0 Å². The van der Waals surface area contributed by atoms with Crippen LogP contribution in [-0.4, -0.2) is 18.1 Å². The van der Waals surface area contributed by atoms with Gasteiger partial charge in [0.05, 0.1) is 18.1 Å². The van der Waals surface area contributed by atoms with E-state index in [9.17, 15) is 10.1 Å². The minimum atomic E-state index is -0.435. The van der Waals surface area contributed by atoms with Crippen LogP contribution < -0.4 is 0 Å². The summed E-state index contributed by atoms with van der Waals surface area (Å²) in [5.41, 5.74) is 0.527. The Kier molecular flexibility index (Phi) is 3.93. The maximum absolute atomic E-state index is 10.8. The van der Waals surface area contributed by atoms with E-state index in [1.54, 1.807) is 6.07 Å². The zero-order valence-corrected chi connectivity index (χ0v) is 9.77. The SMILES string of the molecule is O=[N+]([O-])c1ccc(Cl)cc1C[C]1OCCCO1. The van der Waals surface area contributed by atoms with Crippen LogP contribution in [0.2, 0.25) is 5.02 Å². The predicted molar refractivity (Wildman–Crippen MR) is 61.6 cm³/mol. The van der Waals surface area contributed by atoms with Crippen molar-refractivity contribution in [3.63, 3.8) is 0 Å². The molecule has 0 amide bonds. The molecule has 1 radical (unpaired) electrons. The minimum Gasteiger partial charge on any atom is -0.345 e. The third-order valence-corrected chi connectivity index (χ3v) is 2.62. The Labute approximate surface area is 103 Å². The van der Waals surface area contributed by atoms with Gasteiger partial charge in [-0.3, -0.25) is 10.1 Å². The summed E-state index contributed by atoms with van der Waals surface area (Å²) in [6.07, 6.45) is 1.51. The summed E-state index contributed by atoms with van der Waals surface area (Å²) in [4.78, 5) is 10.4. The second-order valence-corrected chi connectivity index (χ2v) is 4.07. The molecule has 0 aliphatic carbocycles. The smallest absolute Gasteiger partial charge is 0.272 e. The van der Waals surface area contributed by atoms with Gasteiger partial charge in [-0.15, -0.1) is 0 Å². The first-order chi connectivity index (χ1) is 8.16. The topological polar surface area (TPSA) is 61.6 Å². The third-order valence-electron chi connectivity index (χ3n) is 2.39. The Morgan fingerprint density at radius 3 is 2.71 bits per heavy atom. The first-order valence-corrected chi connectivity index (χ1v) is 5.59. The molecule has 0 saturated carbocycles. The van der Waals surface area contributed by atoms with Crippen molar-refractivity contribution >= 4 is 17.3 Å². The highest BCUT2D eigenvalue weighted by molar-refractivity contribution is 6.30. The zero-order valence-electron chi connectivity index (χ0n) is 9.02. The van der Waals surface area contributed by atoms with Gasteiger partial charge in [0.1, 0.15) is 0 Å². The lowest BCUT2D eigenvalue weighted by Gasteiger charge is -2.21. The fourth-order valence-electron chi connectivity index (χ4n) is 1.60. The van der Waals surface area contributed by atoms with Gasteiger partial charge >= 0.3 is 0 Å². The first-order valence-electron chi connectivity index (χ1n) is 5.21. The van der Waals surface area contributed by atoms with E-state index in [4.69, 9.17) is 21.1 Å². The summed E-state index contributed by atoms with van der Waals surface area (Å²) in [5.74, 6) is 0. The Hall–Kier alpha value is -1.17. The van der Waals surface area contributed by atoms with Gasteiger partial charge in [-0.2, -0.15) is 0 Å². The van der Waals surface area contributed by atoms with E-state index in [-0.39, 0.29) is 12.1 Å². The number of nitro groups is 1. The highest BCUT2D eigenvalue weighted by Crippen LogP contribution is 2.27. The normalized spacial score (nSPS) is 17.0. The molecule has 0 unspecified atom stereocenters. The van der Waals surface area contributed by atoms with E-state index in [1.165, 1.54) is 12.1 Å². The van der Waals surface area contributed by atoms with Gasteiger partial charge in [-0.1, -0.05) is 11.6 Å². The fraction of sp³-hybridized carbons (Fsp3) is 0.364. The Morgan fingerprint density at radius 2 is 2.06 bits per heavy atom. The number of hydrogen-bond donors (Lipinski definition) is 0. The number of halogens is 1. The Bertz CT molecular complexity index is 418. The molecule has 0 bridgehead atoms. The molecule has 1 aliphatic heterocycles. The van der Waals surface area contributed by atoms with Crippen molar-refractivity contribution in [1.29, 1.82) is 0 Å². The lowest BCUT2D eigenvalue weighted by atomic mass is 10.1. The summed E-state index contributed by atoms with van der Waals surface area (Å²) in [7, 11) is 0.